The lowest BCUT2D eigenvalue weighted by Crippen LogP contribution is -2.62. The highest BCUT2D eigenvalue weighted by molar-refractivity contribution is 4.94. The average Bonchev–Trinajstić information content (AvgIpc) is 2.26. The summed E-state index contributed by atoms with van der Waals surface area (Å²) in [4.78, 5) is 1.99. The standard InChI is InChI=1S/C12H23F3N2/c1-4-10-8-16-11(3,5-2)9-17(10)7-6-12(13,14)15/h10,16H,4-9H2,1-3H3. The molecular weight excluding hydrogens is 229 g/mol. The lowest BCUT2D eigenvalue weighted by atomic mass is 9.92. The van der Waals surface area contributed by atoms with Crippen LogP contribution in [0.15, 0.2) is 0 Å². The van der Waals surface area contributed by atoms with E-state index in [0.29, 0.717) is 6.54 Å². The molecule has 1 saturated heterocycles. The smallest absolute Gasteiger partial charge is 0.309 e. The van der Waals surface area contributed by atoms with Crippen molar-refractivity contribution in [2.45, 2.75) is 57.8 Å². The molecule has 17 heavy (non-hydrogen) atoms. The predicted molar refractivity (Wildman–Crippen MR) is 63.0 cm³/mol. The summed E-state index contributed by atoms with van der Waals surface area (Å²) in [5, 5.41) is 3.45. The van der Waals surface area contributed by atoms with Crippen LogP contribution in [0.3, 0.4) is 0 Å². The number of rotatable bonds is 4. The number of halogens is 3. The van der Waals surface area contributed by atoms with E-state index < -0.39 is 12.6 Å². The zero-order chi connectivity index (χ0) is 13.1. The van der Waals surface area contributed by atoms with Gasteiger partial charge in [-0.3, -0.25) is 4.90 Å². The summed E-state index contributed by atoms with van der Waals surface area (Å²) in [5.41, 5.74) is -0.0444. The van der Waals surface area contributed by atoms with Gasteiger partial charge in [0.2, 0.25) is 0 Å². The van der Waals surface area contributed by atoms with Gasteiger partial charge in [0.25, 0.3) is 0 Å². The molecule has 0 aromatic carbocycles. The molecule has 0 radical (unpaired) electrons. The number of alkyl halides is 3. The van der Waals surface area contributed by atoms with Gasteiger partial charge in [-0.25, -0.2) is 0 Å². The Morgan fingerprint density at radius 1 is 1.35 bits per heavy atom. The molecule has 1 aliphatic rings. The molecule has 0 aromatic heterocycles. The third kappa shape index (κ3) is 4.47. The third-order valence-corrected chi connectivity index (χ3v) is 3.77. The third-order valence-electron chi connectivity index (χ3n) is 3.77. The van der Waals surface area contributed by atoms with Gasteiger partial charge in [-0.1, -0.05) is 13.8 Å². The van der Waals surface area contributed by atoms with Gasteiger partial charge >= 0.3 is 6.18 Å². The molecule has 1 fully saturated rings. The maximum absolute atomic E-state index is 12.3. The largest absolute Gasteiger partial charge is 0.390 e. The van der Waals surface area contributed by atoms with Crippen molar-refractivity contribution in [3.8, 4) is 0 Å². The van der Waals surface area contributed by atoms with E-state index in [-0.39, 0.29) is 18.1 Å². The molecule has 0 aliphatic carbocycles. The maximum Gasteiger partial charge on any atom is 0.390 e. The van der Waals surface area contributed by atoms with Crippen LogP contribution in [0.25, 0.3) is 0 Å². The van der Waals surface area contributed by atoms with E-state index in [4.69, 9.17) is 0 Å². The Morgan fingerprint density at radius 3 is 2.47 bits per heavy atom. The Labute approximate surface area is 102 Å². The van der Waals surface area contributed by atoms with E-state index in [1.54, 1.807) is 0 Å². The van der Waals surface area contributed by atoms with Crippen LogP contribution in [-0.4, -0.2) is 42.3 Å². The van der Waals surface area contributed by atoms with Gasteiger partial charge in [0, 0.05) is 31.2 Å². The van der Waals surface area contributed by atoms with Gasteiger partial charge in [-0.05, 0) is 19.8 Å². The van der Waals surface area contributed by atoms with Gasteiger partial charge in [0.15, 0.2) is 0 Å². The maximum atomic E-state index is 12.3. The summed E-state index contributed by atoms with van der Waals surface area (Å²) in [5.74, 6) is 0. The second-order valence-electron chi connectivity index (χ2n) is 5.19. The number of hydrogen-bond acceptors (Lipinski definition) is 2. The van der Waals surface area contributed by atoms with Crippen molar-refractivity contribution in [2.75, 3.05) is 19.6 Å². The van der Waals surface area contributed by atoms with Crippen molar-refractivity contribution in [3.05, 3.63) is 0 Å². The lowest BCUT2D eigenvalue weighted by molar-refractivity contribution is -0.140. The molecule has 1 N–H and O–H groups in total. The summed E-state index contributed by atoms with van der Waals surface area (Å²) < 4.78 is 36.8. The van der Waals surface area contributed by atoms with Crippen molar-refractivity contribution in [2.24, 2.45) is 0 Å². The summed E-state index contributed by atoms with van der Waals surface area (Å²) in [6.45, 7) is 7.80. The van der Waals surface area contributed by atoms with Crippen molar-refractivity contribution in [1.82, 2.24) is 10.2 Å². The highest BCUT2D eigenvalue weighted by Gasteiger charge is 2.36. The first-order chi connectivity index (χ1) is 7.79. The van der Waals surface area contributed by atoms with Crippen molar-refractivity contribution in [1.29, 1.82) is 0 Å². The van der Waals surface area contributed by atoms with Gasteiger partial charge < -0.3 is 5.32 Å². The molecule has 5 heteroatoms. The molecule has 1 rings (SSSR count). The van der Waals surface area contributed by atoms with E-state index in [9.17, 15) is 13.2 Å². The molecule has 1 aliphatic heterocycles. The van der Waals surface area contributed by atoms with Gasteiger partial charge in [0.1, 0.15) is 0 Å². The Balaban J connectivity index is 2.57. The molecule has 0 amide bonds. The predicted octanol–water partition coefficient (Wildman–Crippen LogP) is 2.79. The fourth-order valence-corrected chi connectivity index (χ4v) is 2.30. The molecule has 2 unspecified atom stereocenters. The highest BCUT2D eigenvalue weighted by Crippen LogP contribution is 2.24. The molecule has 0 saturated carbocycles. The van der Waals surface area contributed by atoms with Crippen LogP contribution in [0.2, 0.25) is 0 Å². The highest BCUT2D eigenvalue weighted by atomic mass is 19.4. The molecule has 2 atom stereocenters. The first-order valence-electron chi connectivity index (χ1n) is 6.35. The van der Waals surface area contributed by atoms with E-state index in [2.05, 4.69) is 19.2 Å². The fourth-order valence-electron chi connectivity index (χ4n) is 2.30. The minimum atomic E-state index is -4.05. The second kappa shape index (κ2) is 5.57. The van der Waals surface area contributed by atoms with Crippen LogP contribution in [-0.2, 0) is 0 Å². The summed E-state index contributed by atoms with van der Waals surface area (Å²) >= 11 is 0. The minimum absolute atomic E-state index is 0.0444. The number of nitrogens with zero attached hydrogens (tertiary/aromatic N) is 1. The fraction of sp³-hybridized carbons (Fsp3) is 1.00. The van der Waals surface area contributed by atoms with Crippen LogP contribution in [0.1, 0.15) is 40.0 Å². The number of nitrogens with one attached hydrogen (secondary N) is 1. The van der Waals surface area contributed by atoms with Crippen LogP contribution >= 0.6 is 0 Å². The molecule has 0 aromatic rings. The average molecular weight is 252 g/mol. The summed E-state index contributed by atoms with van der Waals surface area (Å²) in [6.07, 6.45) is -2.92. The minimum Gasteiger partial charge on any atom is -0.309 e. The summed E-state index contributed by atoms with van der Waals surface area (Å²) in [6, 6.07) is 0.233. The molecule has 102 valence electrons. The monoisotopic (exact) mass is 252 g/mol. The Kier molecular flexibility index (Phi) is 4.84. The Bertz CT molecular complexity index is 242. The van der Waals surface area contributed by atoms with E-state index in [0.717, 1.165) is 19.4 Å². The van der Waals surface area contributed by atoms with Gasteiger partial charge in [-0.2, -0.15) is 13.2 Å². The molecular formula is C12H23F3N2. The first-order valence-corrected chi connectivity index (χ1v) is 6.35. The van der Waals surface area contributed by atoms with Crippen LogP contribution < -0.4 is 5.32 Å². The number of hydrogen-bond donors (Lipinski definition) is 1. The van der Waals surface area contributed by atoms with Crippen LogP contribution in [0.5, 0.6) is 0 Å². The van der Waals surface area contributed by atoms with E-state index in [1.807, 2.05) is 11.8 Å². The first kappa shape index (κ1) is 14.8. The van der Waals surface area contributed by atoms with Crippen LogP contribution in [0.4, 0.5) is 13.2 Å². The molecule has 2 nitrogen and oxygen atoms in total. The van der Waals surface area contributed by atoms with Crippen LogP contribution in [0, 0.1) is 0 Å². The lowest BCUT2D eigenvalue weighted by Gasteiger charge is -2.46. The normalized spacial score (nSPS) is 31.8. The van der Waals surface area contributed by atoms with Gasteiger partial charge in [0.05, 0.1) is 6.42 Å². The SMILES string of the molecule is CCC1CNC(C)(CC)CN1CCC(F)(F)F. The second-order valence-corrected chi connectivity index (χ2v) is 5.19. The topological polar surface area (TPSA) is 15.3 Å². The zero-order valence-electron chi connectivity index (χ0n) is 10.9. The van der Waals surface area contributed by atoms with Crippen molar-refractivity contribution >= 4 is 0 Å². The van der Waals surface area contributed by atoms with Crippen molar-refractivity contribution in [3.63, 3.8) is 0 Å². The zero-order valence-corrected chi connectivity index (χ0v) is 10.9. The molecule has 1 heterocycles. The quantitative estimate of drug-likeness (QED) is 0.827. The summed E-state index contributed by atoms with van der Waals surface area (Å²) in [7, 11) is 0. The molecule has 0 bridgehead atoms. The van der Waals surface area contributed by atoms with Crippen molar-refractivity contribution < 1.29 is 13.2 Å². The Hall–Kier alpha value is -0.290. The number of piperazine rings is 1. The Morgan fingerprint density at radius 2 is 2.00 bits per heavy atom. The van der Waals surface area contributed by atoms with Gasteiger partial charge in [-0.15, -0.1) is 0 Å². The van der Waals surface area contributed by atoms with E-state index >= 15 is 0 Å². The van der Waals surface area contributed by atoms with E-state index in [1.165, 1.54) is 0 Å². The molecule has 0 spiro atoms.